The van der Waals surface area contributed by atoms with E-state index in [9.17, 15) is 4.39 Å². The molecule has 3 rings (SSSR count). The topological polar surface area (TPSA) is 46.2 Å². The molecule has 1 aromatic rings. The molecule has 1 aromatic heterocycles. The Morgan fingerprint density at radius 3 is 3.05 bits per heavy atom. The lowest BCUT2D eigenvalue weighted by Gasteiger charge is -2.17. The minimum Gasteiger partial charge on any atom is -0.374 e. The lowest BCUT2D eigenvalue weighted by Crippen LogP contribution is -2.24. The molecule has 0 aliphatic carbocycles. The molecule has 122 valence electrons. The number of nitrogens with one attached hydrogen (secondary N) is 2. The zero-order valence-corrected chi connectivity index (χ0v) is 13.1. The van der Waals surface area contributed by atoms with E-state index in [1.54, 1.807) is 0 Å². The van der Waals surface area contributed by atoms with Crippen molar-refractivity contribution in [3.05, 3.63) is 23.4 Å². The molecule has 0 bridgehead atoms. The lowest BCUT2D eigenvalue weighted by molar-refractivity contribution is 0.0230. The Labute approximate surface area is 131 Å². The van der Waals surface area contributed by atoms with E-state index < -0.39 is 6.17 Å². The molecule has 2 N–H and O–H groups in total. The van der Waals surface area contributed by atoms with Gasteiger partial charge in [0.15, 0.2) is 0 Å². The molecule has 22 heavy (non-hydrogen) atoms. The summed E-state index contributed by atoms with van der Waals surface area (Å²) in [5.41, 5.74) is 2.51. The summed E-state index contributed by atoms with van der Waals surface area (Å²) in [6, 6.07) is 4.36. The predicted octanol–water partition coefficient (Wildman–Crippen LogP) is 2.48. The van der Waals surface area contributed by atoms with Gasteiger partial charge in [0, 0.05) is 31.9 Å². The number of aryl methyl sites for hydroxylation is 2. The van der Waals surface area contributed by atoms with Crippen molar-refractivity contribution in [3.8, 4) is 0 Å². The number of rotatable bonds is 7. The van der Waals surface area contributed by atoms with Crippen LogP contribution in [0.25, 0.3) is 0 Å². The summed E-state index contributed by atoms with van der Waals surface area (Å²) < 4.78 is 18.9. The van der Waals surface area contributed by atoms with E-state index >= 15 is 0 Å². The molecule has 0 saturated carbocycles. The quantitative estimate of drug-likeness (QED) is 0.760. The van der Waals surface area contributed by atoms with Gasteiger partial charge in [0.2, 0.25) is 0 Å². The third kappa shape index (κ3) is 4.17. The second-order valence-corrected chi connectivity index (χ2v) is 6.23. The van der Waals surface area contributed by atoms with Gasteiger partial charge in [-0.2, -0.15) is 0 Å². The third-order valence-corrected chi connectivity index (χ3v) is 4.45. The normalized spacial score (nSPS) is 24.0. The van der Waals surface area contributed by atoms with Gasteiger partial charge in [0.25, 0.3) is 0 Å². The number of halogens is 1. The van der Waals surface area contributed by atoms with Gasteiger partial charge in [-0.3, -0.25) is 0 Å². The molecule has 0 radical (unpaired) electrons. The van der Waals surface area contributed by atoms with E-state index in [4.69, 9.17) is 9.72 Å². The van der Waals surface area contributed by atoms with Crippen molar-refractivity contribution in [2.75, 3.05) is 31.6 Å². The zero-order chi connectivity index (χ0) is 15.2. The van der Waals surface area contributed by atoms with E-state index in [0.717, 1.165) is 50.2 Å². The summed E-state index contributed by atoms with van der Waals surface area (Å²) in [4.78, 5) is 4.70. The summed E-state index contributed by atoms with van der Waals surface area (Å²) in [5.74, 6) is 1.08. The minimum absolute atomic E-state index is 0.242. The van der Waals surface area contributed by atoms with Crippen LogP contribution in [0.1, 0.15) is 36.9 Å². The largest absolute Gasteiger partial charge is 0.374 e. The van der Waals surface area contributed by atoms with E-state index in [2.05, 4.69) is 22.8 Å². The van der Waals surface area contributed by atoms with Crippen LogP contribution < -0.4 is 10.6 Å². The highest BCUT2D eigenvalue weighted by atomic mass is 19.1. The third-order valence-electron chi connectivity index (χ3n) is 4.45. The monoisotopic (exact) mass is 307 g/mol. The molecule has 2 aliphatic heterocycles. The number of alkyl halides is 1. The first kappa shape index (κ1) is 15.7. The van der Waals surface area contributed by atoms with Crippen molar-refractivity contribution in [2.24, 2.45) is 0 Å². The summed E-state index contributed by atoms with van der Waals surface area (Å²) in [7, 11) is 0. The highest BCUT2D eigenvalue weighted by Crippen LogP contribution is 2.20. The fraction of sp³-hybridized carbons (Fsp3) is 0.706. The number of hydrogen-bond donors (Lipinski definition) is 2. The van der Waals surface area contributed by atoms with Crippen LogP contribution >= 0.6 is 0 Å². The first-order chi connectivity index (χ1) is 10.8. The highest BCUT2D eigenvalue weighted by Gasteiger charge is 2.26. The van der Waals surface area contributed by atoms with Crippen LogP contribution in [0, 0.1) is 0 Å². The van der Waals surface area contributed by atoms with Crippen LogP contribution in [0.5, 0.6) is 0 Å². The fourth-order valence-corrected chi connectivity index (χ4v) is 3.11. The Hall–Kier alpha value is -1.20. The van der Waals surface area contributed by atoms with Crippen LogP contribution in [-0.2, 0) is 17.6 Å². The van der Waals surface area contributed by atoms with Crippen LogP contribution in [-0.4, -0.2) is 43.5 Å². The Bertz CT molecular complexity index is 483. The van der Waals surface area contributed by atoms with Crippen molar-refractivity contribution in [2.45, 2.75) is 50.8 Å². The van der Waals surface area contributed by atoms with Gasteiger partial charge in [0.1, 0.15) is 18.1 Å². The van der Waals surface area contributed by atoms with Gasteiger partial charge >= 0.3 is 0 Å². The van der Waals surface area contributed by atoms with E-state index in [1.165, 1.54) is 12.0 Å². The first-order valence-corrected chi connectivity index (χ1v) is 8.52. The van der Waals surface area contributed by atoms with Crippen molar-refractivity contribution in [1.29, 1.82) is 0 Å². The molecule has 0 amide bonds. The van der Waals surface area contributed by atoms with Crippen LogP contribution in [0.4, 0.5) is 10.2 Å². The number of unbranched alkanes of at least 4 members (excludes halogenated alkanes) is 2. The molecule has 1 fully saturated rings. The Morgan fingerprint density at radius 1 is 1.23 bits per heavy atom. The van der Waals surface area contributed by atoms with Gasteiger partial charge in [-0.05, 0) is 43.7 Å². The van der Waals surface area contributed by atoms with E-state index in [1.807, 2.05) is 0 Å². The van der Waals surface area contributed by atoms with E-state index in [-0.39, 0.29) is 6.10 Å². The summed E-state index contributed by atoms with van der Waals surface area (Å²) >= 11 is 0. The van der Waals surface area contributed by atoms with Gasteiger partial charge in [-0.15, -0.1) is 0 Å². The number of pyridine rings is 1. The molecule has 4 nitrogen and oxygen atoms in total. The number of hydrogen-bond acceptors (Lipinski definition) is 4. The van der Waals surface area contributed by atoms with Crippen molar-refractivity contribution in [3.63, 3.8) is 0 Å². The molecule has 1 saturated heterocycles. The summed E-state index contributed by atoms with van der Waals surface area (Å²) in [5, 5.41) is 6.38. The lowest BCUT2D eigenvalue weighted by atomic mass is 10.1. The van der Waals surface area contributed by atoms with Crippen molar-refractivity contribution < 1.29 is 9.13 Å². The first-order valence-electron chi connectivity index (χ1n) is 8.52. The SMILES string of the molecule is F[C@H]1CNC[C@@H]1OCCCCCc1ccc2c(n1)NCCC2. The smallest absolute Gasteiger partial charge is 0.140 e. The second kappa shape index (κ2) is 7.88. The maximum Gasteiger partial charge on any atom is 0.140 e. The number of aromatic nitrogens is 1. The zero-order valence-electron chi connectivity index (χ0n) is 13.1. The maximum absolute atomic E-state index is 13.3. The van der Waals surface area contributed by atoms with Gasteiger partial charge in [-0.25, -0.2) is 9.37 Å². The number of fused-ring (bicyclic) bond motifs is 1. The molecule has 5 heteroatoms. The van der Waals surface area contributed by atoms with Gasteiger partial charge in [-0.1, -0.05) is 12.5 Å². The number of ether oxygens (including phenoxy) is 1. The molecule has 2 atom stereocenters. The molecule has 0 unspecified atom stereocenters. The molecule has 0 spiro atoms. The van der Waals surface area contributed by atoms with Gasteiger partial charge < -0.3 is 15.4 Å². The van der Waals surface area contributed by atoms with Crippen LogP contribution in [0.2, 0.25) is 0 Å². The van der Waals surface area contributed by atoms with E-state index in [0.29, 0.717) is 19.7 Å². The molecular weight excluding hydrogens is 281 g/mol. The van der Waals surface area contributed by atoms with Crippen molar-refractivity contribution >= 4 is 5.82 Å². The summed E-state index contributed by atoms with van der Waals surface area (Å²) in [6.07, 6.45) is 5.46. The molecule has 0 aromatic carbocycles. The highest BCUT2D eigenvalue weighted by molar-refractivity contribution is 5.46. The van der Waals surface area contributed by atoms with Crippen LogP contribution in [0.3, 0.4) is 0 Å². The van der Waals surface area contributed by atoms with Crippen molar-refractivity contribution in [1.82, 2.24) is 10.3 Å². The number of nitrogens with zero attached hydrogens (tertiary/aromatic N) is 1. The number of anilines is 1. The maximum atomic E-state index is 13.3. The molecule has 3 heterocycles. The molecular formula is C17H26FN3O. The minimum atomic E-state index is -0.841. The Morgan fingerprint density at radius 2 is 2.18 bits per heavy atom. The second-order valence-electron chi connectivity index (χ2n) is 6.23. The standard InChI is InChI=1S/C17H26FN3O/c18-15-11-19-12-16(15)22-10-3-1-2-6-14-8-7-13-5-4-9-20-17(13)21-14/h7-8,15-16,19H,1-6,9-12H2,(H,20,21)/t15-,16-/m0/s1. The average molecular weight is 307 g/mol. The Balaban J connectivity index is 1.31. The van der Waals surface area contributed by atoms with Crippen LogP contribution in [0.15, 0.2) is 12.1 Å². The van der Waals surface area contributed by atoms with Gasteiger partial charge in [0.05, 0.1) is 0 Å². The Kier molecular flexibility index (Phi) is 5.62. The predicted molar refractivity (Wildman–Crippen MR) is 86.1 cm³/mol. The summed E-state index contributed by atoms with van der Waals surface area (Å²) in [6.45, 7) is 2.77. The molecule has 2 aliphatic rings. The fourth-order valence-electron chi connectivity index (χ4n) is 3.11. The average Bonchev–Trinajstić information content (AvgIpc) is 2.96.